The molecule has 2 unspecified atom stereocenters. The molecule has 0 fully saturated rings. The number of aryl methyl sites for hydroxylation is 2. The Morgan fingerprint density at radius 2 is 1.79 bits per heavy atom. The fourth-order valence-electron chi connectivity index (χ4n) is 2.13. The van der Waals surface area contributed by atoms with Gasteiger partial charge in [0.1, 0.15) is 5.75 Å². The second kappa shape index (κ2) is 5.85. The number of ether oxygens (including phenoxy) is 1. The van der Waals surface area contributed by atoms with Crippen LogP contribution in [0.15, 0.2) is 42.6 Å². The average molecular weight is 256 g/mol. The Morgan fingerprint density at radius 3 is 2.32 bits per heavy atom. The minimum absolute atomic E-state index is 0.129. The minimum Gasteiger partial charge on any atom is -0.482 e. The molecule has 2 N–H and O–H groups in total. The minimum atomic E-state index is -0.234. The second-order valence-electron chi connectivity index (χ2n) is 4.98. The van der Waals surface area contributed by atoms with Crippen LogP contribution in [0, 0.1) is 13.8 Å². The summed E-state index contributed by atoms with van der Waals surface area (Å²) in [5.41, 5.74) is 9.25. The third-order valence-corrected chi connectivity index (χ3v) is 2.92. The first-order valence-electron chi connectivity index (χ1n) is 6.48. The van der Waals surface area contributed by atoms with Crippen LogP contribution in [-0.4, -0.2) is 11.0 Å². The molecule has 0 saturated heterocycles. The topological polar surface area (TPSA) is 48.1 Å². The average Bonchev–Trinajstić information content (AvgIpc) is 2.35. The van der Waals surface area contributed by atoms with Gasteiger partial charge in [-0.1, -0.05) is 12.1 Å². The maximum absolute atomic E-state index is 6.04. The third-order valence-electron chi connectivity index (χ3n) is 2.92. The highest BCUT2D eigenvalue weighted by Crippen LogP contribution is 2.24. The molecule has 0 spiro atoms. The van der Waals surface area contributed by atoms with Crippen LogP contribution >= 0.6 is 0 Å². The predicted molar refractivity (Wildman–Crippen MR) is 77.2 cm³/mol. The van der Waals surface area contributed by atoms with Crippen LogP contribution in [0.25, 0.3) is 0 Å². The van der Waals surface area contributed by atoms with E-state index in [1.807, 2.05) is 37.3 Å². The lowest BCUT2D eigenvalue weighted by atomic mass is 10.1. The Balaban J connectivity index is 2.27. The van der Waals surface area contributed by atoms with E-state index in [0.29, 0.717) is 0 Å². The number of hydrogen-bond acceptors (Lipinski definition) is 3. The summed E-state index contributed by atoms with van der Waals surface area (Å²) in [6, 6.07) is 11.8. The van der Waals surface area contributed by atoms with Crippen LogP contribution in [0.5, 0.6) is 5.75 Å². The number of nitrogens with two attached hydrogens (primary N) is 1. The van der Waals surface area contributed by atoms with Crippen LogP contribution in [0.4, 0.5) is 0 Å². The Bertz CT molecular complexity index is 517. The first-order valence-corrected chi connectivity index (χ1v) is 6.48. The largest absolute Gasteiger partial charge is 0.482 e. The zero-order valence-electron chi connectivity index (χ0n) is 11.6. The summed E-state index contributed by atoms with van der Waals surface area (Å²) in [7, 11) is 0. The molecule has 3 nitrogen and oxygen atoms in total. The summed E-state index contributed by atoms with van der Waals surface area (Å²) >= 11 is 0. The molecule has 3 heteroatoms. The first kappa shape index (κ1) is 13.6. The van der Waals surface area contributed by atoms with Crippen LogP contribution in [0.2, 0.25) is 0 Å². The van der Waals surface area contributed by atoms with Crippen molar-refractivity contribution in [2.75, 3.05) is 0 Å². The number of hydrogen-bond donors (Lipinski definition) is 1. The number of pyridine rings is 1. The summed E-state index contributed by atoms with van der Waals surface area (Å²) in [5, 5.41) is 0. The Morgan fingerprint density at radius 1 is 1.11 bits per heavy atom. The molecule has 1 aromatic carbocycles. The number of aromatic nitrogens is 1. The molecular formula is C16H20N2O. The zero-order chi connectivity index (χ0) is 13.8. The maximum Gasteiger partial charge on any atom is 0.155 e. The number of benzene rings is 1. The van der Waals surface area contributed by atoms with Gasteiger partial charge in [0.05, 0.1) is 5.69 Å². The van der Waals surface area contributed by atoms with Crippen molar-refractivity contribution in [1.29, 1.82) is 0 Å². The second-order valence-corrected chi connectivity index (χ2v) is 4.98. The highest BCUT2D eigenvalue weighted by molar-refractivity contribution is 5.33. The molecule has 100 valence electrons. The molecule has 1 aromatic heterocycles. The third kappa shape index (κ3) is 3.55. The van der Waals surface area contributed by atoms with Crippen LogP contribution in [0.1, 0.15) is 29.8 Å². The summed E-state index contributed by atoms with van der Waals surface area (Å²) < 4.78 is 6.04. The van der Waals surface area contributed by atoms with E-state index in [9.17, 15) is 0 Å². The zero-order valence-corrected chi connectivity index (χ0v) is 11.6. The first-order chi connectivity index (χ1) is 9.06. The highest BCUT2D eigenvalue weighted by atomic mass is 16.5. The molecule has 0 amide bonds. The molecular weight excluding hydrogens is 236 g/mol. The fraction of sp³-hybridized carbons (Fsp3) is 0.312. The summed E-state index contributed by atoms with van der Waals surface area (Å²) in [5.74, 6) is 0.838. The lowest BCUT2D eigenvalue weighted by Gasteiger charge is -2.22. The predicted octanol–water partition coefficient (Wildman–Crippen LogP) is 3.17. The van der Waals surface area contributed by atoms with Gasteiger partial charge in [0.15, 0.2) is 6.10 Å². The van der Waals surface area contributed by atoms with Gasteiger partial charge in [0.2, 0.25) is 0 Å². The van der Waals surface area contributed by atoms with Crippen molar-refractivity contribution in [3.05, 3.63) is 59.4 Å². The summed E-state index contributed by atoms with van der Waals surface area (Å²) in [4.78, 5) is 4.34. The molecule has 2 aromatic rings. The van der Waals surface area contributed by atoms with Gasteiger partial charge in [-0.2, -0.15) is 0 Å². The van der Waals surface area contributed by atoms with Crippen LogP contribution < -0.4 is 10.5 Å². The molecule has 0 radical (unpaired) electrons. The normalized spacial score (nSPS) is 13.9. The van der Waals surface area contributed by atoms with Gasteiger partial charge in [-0.15, -0.1) is 0 Å². The molecule has 2 atom stereocenters. The van der Waals surface area contributed by atoms with E-state index in [-0.39, 0.29) is 12.1 Å². The molecule has 2 rings (SSSR count). The van der Waals surface area contributed by atoms with Gasteiger partial charge in [-0.3, -0.25) is 4.98 Å². The molecule has 0 saturated carbocycles. The van der Waals surface area contributed by atoms with Gasteiger partial charge in [-0.25, -0.2) is 0 Å². The van der Waals surface area contributed by atoms with Gasteiger partial charge < -0.3 is 10.5 Å². The standard InChI is InChI=1S/C16H20N2O/c1-11-8-12(2)10-14(9-11)19-16(13(3)17)15-6-4-5-7-18-15/h4-10,13,16H,17H2,1-3H3. The maximum atomic E-state index is 6.04. The molecule has 0 aliphatic rings. The van der Waals surface area contributed by atoms with Crippen molar-refractivity contribution in [2.24, 2.45) is 5.73 Å². The van der Waals surface area contributed by atoms with Gasteiger partial charge >= 0.3 is 0 Å². The number of rotatable bonds is 4. The molecule has 0 bridgehead atoms. The van der Waals surface area contributed by atoms with Crippen molar-refractivity contribution >= 4 is 0 Å². The van der Waals surface area contributed by atoms with Crippen LogP contribution in [-0.2, 0) is 0 Å². The van der Waals surface area contributed by atoms with E-state index in [4.69, 9.17) is 10.5 Å². The van der Waals surface area contributed by atoms with E-state index in [0.717, 1.165) is 11.4 Å². The summed E-state index contributed by atoms with van der Waals surface area (Å²) in [6.45, 7) is 6.05. The number of nitrogens with zero attached hydrogens (tertiary/aromatic N) is 1. The molecule has 19 heavy (non-hydrogen) atoms. The van der Waals surface area contributed by atoms with Gasteiger partial charge in [-0.05, 0) is 56.2 Å². The molecule has 0 aliphatic heterocycles. The van der Waals surface area contributed by atoms with E-state index in [1.165, 1.54) is 11.1 Å². The highest BCUT2D eigenvalue weighted by Gasteiger charge is 2.19. The van der Waals surface area contributed by atoms with Crippen LogP contribution in [0.3, 0.4) is 0 Å². The molecule has 0 aliphatic carbocycles. The Kier molecular flexibility index (Phi) is 4.17. The SMILES string of the molecule is Cc1cc(C)cc(OC(c2ccccn2)C(C)N)c1. The van der Waals surface area contributed by atoms with Crippen molar-refractivity contribution in [1.82, 2.24) is 4.98 Å². The van der Waals surface area contributed by atoms with E-state index >= 15 is 0 Å². The Labute approximate surface area is 114 Å². The lowest BCUT2D eigenvalue weighted by molar-refractivity contribution is 0.175. The quantitative estimate of drug-likeness (QED) is 0.914. The smallest absolute Gasteiger partial charge is 0.155 e. The van der Waals surface area contributed by atoms with E-state index < -0.39 is 0 Å². The monoisotopic (exact) mass is 256 g/mol. The van der Waals surface area contributed by atoms with Gasteiger partial charge in [0, 0.05) is 12.2 Å². The van der Waals surface area contributed by atoms with E-state index in [2.05, 4.69) is 24.9 Å². The van der Waals surface area contributed by atoms with Crippen molar-refractivity contribution < 1.29 is 4.74 Å². The fourth-order valence-corrected chi connectivity index (χ4v) is 2.13. The van der Waals surface area contributed by atoms with Crippen molar-refractivity contribution in [2.45, 2.75) is 32.9 Å². The molecule has 1 heterocycles. The lowest BCUT2D eigenvalue weighted by Crippen LogP contribution is -2.29. The van der Waals surface area contributed by atoms with Gasteiger partial charge in [0.25, 0.3) is 0 Å². The van der Waals surface area contributed by atoms with Crippen molar-refractivity contribution in [3.63, 3.8) is 0 Å². The van der Waals surface area contributed by atoms with Crippen molar-refractivity contribution in [3.8, 4) is 5.75 Å². The Hall–Kier alpha value is -1.87. The summed E-state index contributed by atoms with van der Waals surface area (Å²) in [6.07, 6.45) is 1.53. The van der Waals surface area contributed by atoms with E-state index in [1.54, 1.807) is 6.20 Å².